The zero-order valence-electron chi connectivity index (χ0n) is 14.4. The van der Waals surface area contributed by atoms with Crippen LogP contribution in [-0.2, 0) is 16.6 Å². The molecule has 1 N–H and O–H groups in total. The molecular weight excluding hydrogens is 402 g/mol. The first-order valence-corrected chi connectivity index (χ1v) is 9.73. The van der Waals surface area contributed by atoms with Crippen LogP contribution in [0.25, 0.3) is 10.2 Å². The molecule has 0 bridgehead atoms. The summed E-state index contributed by atoms with van der Waals surface area (Å²) < 4.78 is 7.78. The van der Waals surface area contributed by atoms with Crippen molar-refractivity contribution in [1.82, 2.24) is 9.97 Å². The fourth-order valence-corrected chi connectivity index (χ4v) is 3.74. The number of hydrogen-bond donors (Lipinski definition) is 1. The van der Waals surface area contributed by atoms with Crippen molar-refractivity contribution in [2.75, 3.05) is 5.32 Å². The molecule has 0 aliphatic rings. The number of aryl methyl sites for hydroxylation is 1. The fraction of sp³-hybridized carbons (Fsp3) is 0.389. The van der Waals surface area contributed by atoms with Crippen LogP contribution in [0.1, 0.15) is 45.3 Å². The van der Waals surface area contributed by atoms with Crippen LogP contribution in [0.15, 0.2) is 33.3 Å². The second-order valence-corrected chi connectivity index (χ2v) is 8.85. The second kappa shape index (κ2) is 7.25. The molecule has 0 fully saturated rings. The van der Waals surface area contributed by atoms with Gasteiger partial charge < -0.3 is 9.73 Å². The second-order valence-electron chi connectivity index (χ2n) is 6.90. The van der Waals surface area contributed by atoms with E-state index in [4.69, 9.17) is 4.42 Å². The average Bonchev–Trinajstić information content (AvgIpc) is 3.12. The van der Waals surface area contributed by atoms with Crippen molar-refractivity contribution in [2.24, 2.45) is 0 Å². The average molecular weight is 422 g/mol. The van der Waals surface area contributed by atoms with Crippen molar-refractivity contribution >= 4 is 48.5 Å². The molecule has 0 spiro atoms. The minimum atomic E-state index is -0.0511. The van der Waals surface area contributed by atoms with E-state index in [1.54, 1.807) is 6.20 Å². The molecule has 132 valence electrons. The summed E-state index contributed by atoms with van der Waals surface area (Å²) in [5.74, 6) is 1.51. The number of aromatic nitrogens is 2. The van der Waals surface area contributed by atoms with E-state index >= 15 is 0 Å². The number of amides is 1. The molecule has 25 heavy (non-hydrogen) atoms. The summed E-state index contributed by atoms with van der Waals surface area (Å²) in [4.78, 5) is 20.8. The van der Waals surface area contributed by atoms with Crippen molar-refractivity contribution in [3.63, 3.8) is 0 Å². The molecule has 2 heterocycles. The molecule has 0 unspecified atom stereocenters. The van der Waals surface area contributed by atoms with Crippen molar-refractivity contribution in [3.8, 4) is 0 Å². The lowest BCUT2D eigenvalue weighted by atomic mass is 9.94. The largest absolute Gasteiger partial charge is 0.445 e. The molecule has 1 aromatic carbocycles. The van der Waals surface area contributed by atoms with Crippen LogP contribution in [0.5, 0.6) is 0 Å². The molecule has 1 amide bonds. The number of nitrogens with zero attached hydrogens (tertiary/aromatic N) is 2. The van der Waals surface area contributed by atoms with Gasteiger partial charge in [0.25, 0.3) is 0 Å². The van der Waals surface area contributed by atoms with Crippen LogP contribution in [-0.4, -0.2) is 15.9 Å². The number of nitrogens with one attached hydrogen (secondary N) is 1. The first-order valence-electron chi connectivity index (χ1n) is 8.12. The zero-order chi connectivity index (χ0) is 18.0. The summed E-state index contributed by atoms with van der Waals surface area (Å²) in [7, 11) is 0. The van der Waals surface area contributed by atoms with E-state index in [-0.39, 0.29) is 11.3 Å². The lowest BCUT2D eigenvalue weighted by molar-refractivity contribution is -0.116. The maximum absolute atomic E-state index is 12.1. The van der Waals surface area contributed by atoms with Crippen molar-refractivity contribution in [2.45, 2.75) is 45.4 Å². The number of benzene rings is 1. The third-order valence-electron chi connectivity index (χ3n) is 3.68. The molecule has 2 aromatic heterocycles. The van der Waals surface area contributed by atoms with Gasteiger partial charge in [0, 0.05) is 22.7 Å². The Bertz CT molecular complexity index is 895. The number of thiazole rings is 1. The number of oxazole rings is 1. The zero-order valence-corrected chi connectivity index (χ0v) is 16.8. The number of anilines is 1. The monoisotopic (exact) mass is 421 g/mol. The number of carbonyl (C=O) groups is 1. The Morgan fingerprint density at radius 3 is 2.88 bits per heavy atom. The minimum Gasteiger partial charge on any atom is -0.445 e. The first-order chi connectivity index (χ1) is 11.8. The van der Waals surface area contributed by atoms with Gasteiger partial charge in [0.05, 0.1) is 16.4 Å². The SMILES string of the molecule is CC(C)(C)c1cnc(CCCC(=O)Nc2nc3ccc(Br)cc3s2)o1. The van der Waals surface area contributed by atoms with Crippen molar-refractivity contribution in [3.05, 3.63) is 40.5 Å². The standard InChI is InChI=1S/C18H20BrN3O2S/c1-18(2,3)14-10-20-16(24-14)6-4-5-15(23)22-17-21-12-8-7-11(19)9-13(12)25-17/h7-10H,4-6H2,1-3H3,(H,21,22,23). The molecule has 5 nitrogen and oxygen atoms in total. The topological polar surface area (TPSA) is 68.0 Å². The summed E-state index contributed by atoms with van der Waals surface area (Å²) in [5, 5.41) is 3.50. The van der Waals surface area contributed by atoms with Crippen molar-refractivity contribution in [1.29, 1.82) is 0 Å². The van der Waals surface area contributed by atoms with Gasteiger partial charge in [0.2, 0.25) is 5.91 Å². The highest BCUT2D eigenvalue weighted by atomic mass is 79.9. The molecule has 0 radical (unpaired) electrons. The lowest BCUT2D eigenvalue weighted by Crippen LogP contribution is -2.11. The molecule has 0 aliphatic heterocycles. The summed E-state index contributed by atoms with van der Waals surface area (Å²) in [5.41, 5.74) is 0.836. The number of rotatable bonds is 5. The predicted molar refractivity (Wildman–Crippen MR) is 104 cm³/mol. The molecule has 0 saturated heterocycles. The van der Waals surface area contributed by atoms with Gasteiger partial charge in [-0.15, -0.1) is 0 Å². The Morgan fingerprint density at radius 2 is 2.16 bits per heavy atom. The van der Waals surface area contributed by atoms with E-state index in [2.05, 4.69) is 52.0 Å². The Morgan fingerprint density at radius 1 is 1.36 bits per heavy atom. The van der Waals surface area contributed by atoms with Gasteiger partial charge in [-0.05, 0) is 24.6 Å². The third-order valence-corrected chi connectivity index (χ3v) is 5.11. The van der Waals surface area contributed by atoms with E-state index in [1.165, 1.54) is 11.3 Å². The van der Waals surface area contributed by atoms with E-state index in [9.17, 15) is 4.79 Å². The molecule has 3 aromatic rings. The van der Waals surface area contributed by atoms with E-state index in [1.807, 2.05) is 18.2 Å². The normalized spacial score (nSPS) is 11.8. The van der Waals surface area contributed by atoms with E-state index in [0.29, 0.717) is 30.3 Å². The Hall–Kier alpha value is -1.73. The Kier molecular flexibility index (Phi) is 5.24. The van der Waals surface area contributed by atoms with Crippen LogP contribution in [0, 0.1) is 0 Å². The van der Waals surface area contributed by atoms with Crippen LogP contribution in [0.2, 0.25) is 0 Å². The maximum atomic E-state index is 12.1. The summed E-state index contributed by atoms with van der Waals surface area (Å²) in [6, 6.07) is 5.87. The predicted octanol–water partition coefficient (Wildman–Crippen LogP) is 5.31. The highest BCUT2D eigenvalue weighted by molar-refractivity contribution is 9.10. The molecule has 7 heteroatoms. The van der Waals surface area contributed by atoms with Gasteiger partial charge in [0.15, 0.2) is 11.0 Å². The minimum absolute atomic E-state index is 0.0410. The van der Waals surface area contributed by atoms with Gasteiger partial charge in [-0.2, -0.15) is 0 Å². The molecular formula is C18H20BrN3O2S. The lowest BCUT2D eigenvalue weighted by Gasteiger charge is -2.13. The van der Waals surface area contributed by atoms with Crippen LogP contribution in [0.4, 0.5) is 5.13 Å². The van der Waals surface area contributed by atoms with Gasteiger partial charge in [-0.3, -0.25) is 4.79 Å². The summed E-state index contributed by atoms with van der Waals surface area (Å²) in [6.45, 7) is 6.25. The number of fused-ring (bicyclic) bond motifs is 1. The Labute approximate surface area is 159 Å². The number of halogens is 1. The highest BCUT2D eigenvalue weighted by Gasteiger charge is 2.19. The smallest absolute Gasteiger partial charge is 0.226 e. The summed E-state index contributed by atoms with van der Waals surface area (Å²) >= 11 is 4.91. The molecule has 3 rings (SSSR count). The van der Waals surface area contributed by atoms with E-state index in [0.717, 1.165) is 20.4 Å². The van der Waals surface area contributed by atoms with Gasteiger partial charge in [-0.25, -0.2) is 9.97 Å². The number of carbonyl (C=O) groups excluding carboxylic acids is 1. The van der Waals surface area contributed by atoms with Gasteiger partial charge in [0.1, 0.15) is 5.76 Å². The van der Waals surface area contributed by atoms with Gasteiger partial charge in [-0.1, -0.05) is 48.0 Å². The van der Waals surface area contributed by atoms with Crippen LogP contribution in [0.3, 0.4) is 0 Å². The molecule has 0 saturated carbocycles. The van der Waals surface area contributed by atoms with Crippen molar-refractivity contribution < 1.29 is 9.21 Å². The first kappa shape index (κ1) is 18.1. The van der Waals surface area contributed by atoms with Gasteiger partial charge >= 0.3 is 0 Å². The third kappa shape index (κ3) is 4.67. The fourth-order valence-electron chi connectivity index (χ4n) is 2.31. The highest BCUT2D eigenvalue weighted by Crippen LogP contribution is 2.28. The molecule has 0 atom stereocenters. The Balaban J connectivity index is 1.51. The van der Waals surface area contributed by atoms with E-state index < -0.39 is 0 Å². The summed E-state index contributed by atoms with van der Waals surface area (Å²) in [6.07, 6.45) is 3.52. The quantitative estimate of drug-likeness (QED) is 0.606. The number of hydrogen-bond acceptors (Lipinski definition) is 5. The molecule has 0 aliphatic carbocycles. The van der Waals surface area contributed by atoms with Crippen LogP contribution < -0.4 is 5.32 Å². The van der Waals surface area contributed by atoms with Crippen LogP contribution >= 0.6 is 27.3 Å². The maximum Gasteiger partial charge on any atom is 0.226 e.